The number of likely N-dealkylation sites (tertiary alicyclic amines) is 1. The number of nitrogens with zero attached hydrogens (tertiary/aromatic N) is 5. The Morgan fingerprint density at radius 1 is 1.23 bits per heavy atom. The monoisotopic (exact) mass is 303 g/mol. The van der Waals surface area contributed by atoms with E-state index in [2.05, 4.69) is 32.9 Å². The summed E-state index contributed by atoms with van der Waals surface area (Å²) < 4.78 is 3.85. The van der Waals surface area contributed by atoms with Crippen molar-refractivity contribution >= 4 is 0 Å². The van der Waals surface area contributed by atoms with Gasteiger partial charge in [0, 0.05) is 31.7 Å². The summed E-state index contributed by atoms with van der Waals surface area (Å²) in [4.78, 5) is 2.36. The fraction of sp³-hybridized carbons (Fsp3) is 0.625. The molecule has 1 N–H and O–H groups in total. The molecule has 6 nitrogen and oxygen atoms in total. The normalized spacial score (nSPS) is 18.6. The molecule has 2 aromatic rings. The van der Waals surface area contributed by atoms with E-state index in [0.717, 1.165) is 26.2 Å². The van der Waals surface area contributed by atoms with Gasteiger partial charge in [0.1, 0.15) is 0 Å². The van der Waals surface area contributed by atoms with E-state index in [1.54, 1.807) is 10.9 Å². The lowest BCUT2D eigenvalue weighted by molar-refractivity contribution is 0.0733. The van der Waals surface area contributed by atoms with E-state index >= 15 is 0 Å². The van der Waals surface area contributed by atoms with Crippen molar-refractivity contribution in [3.63, 3.8) is 0 Å². The van der Waals surface area contributed by atoms with E-state index in [1.807, 2.05) is 18.5 Å². The summed E-state index contributed by atoms with van der Waals surface area (Å²) in [5.41, 5.74) is 1.22. The number of rotatable bonds is 6. The van der Waals surface area contributed by atoms with Gasteiger partial charge < -0.3 is 10.0 Å². The maximum Gasteiger partial charge on any atom is 0.0862 e. The number of hydrogen-bond acceptors (Lipinski definition) is 4. The van der Waals surface area contributed by atoms with Gasteiger partial charge in [-0.1, -0.05) is 0 Å². The van der Waals surface area contributed by atoms with Gasteiger partial charge in [-0.15, -0.1) is 0 Å². The first-order valence-corrected chi connectivity index (χ1v) is 8.06. The number of aliphatic hydroxyl groups excluding tert-OH is 1. The first-order chi connectivity index (χ1) is 10.7. The Bertz CT molecular complexity index is 557. The Labute approximate surface area is 131 Å². The van der Waals surface area contributed by atoms with Crippen LogP contribution in [0.15, 0.2) is 30.9 Å². The molecule has 0 aliphatic carbocycles. The van der Waals surface area contributed by atoms with E-state index in [0.29, 0.717) is 12.5 Å². The van der Waals surface area contributed by atoms with Crippen LogP contribution in [0.2, 0.25) is 0 Å². The molecule has 2 aromatic heterocycles. The molecule has 22 heavy (non-hydrogen) atoms. The zero-order valence-electron chi connectivity index (χ0n) is 13.2. The maximum atomic E-state index is 10.2. The molecule has 120 valence electrons. The van der Waals surface area contributed by atoms with Crippen LogP contribution in [0.5, 0.6) is 0 Å². The van der Waals surface area contributed by atoms with Gasteiger partial charge >= 0.3 is 0 Å². The van der Waals surface area contributed by atoms with Gasteiger partial charge in [0.25, 0.3) is 0 Å². The van der Waals surface area contributed by atoms with E-state index < -0.39 is 0 Å². The maximum absolute atomic E-state index is 10.2. The Hall–Kier alpha value is -1.66. The molecule has 0 bridgehead atoms. The van der Waals surface area contributed by atoms with E-state index in [9.17, 15) is 5.11 Å². The highest BCUT2D eigenvalue weighted by atomic mass is 16.3. The van der Waals surface area contributed by atoms with Gasteiger partial charge in [-0.25, -0.2) is 0 Å². The Morgan fingerprint density at radius 3 is 2.68 bits per heavy atom. The first kappa shape index (κ1) is 15.2. The van der Waals surface area contributed by atoms with Crippen LogP contribution in [0.25, 0.3) is 0 Å². The number of piperidine rings is 1. The lowest BCUT2D eigenvalue weighted by atomic mass is 9.96. The smallest absolute Gasteiger partial charge is 0.0862 e. The third-order valence-electron chi connectivity index (χ3n) is 4.34. The van der Waals surface area contributed by atoms with Crippen LogP contribution in [0.3, 0.4) is 0 Å². The van der Waals surface area contributed by atoms with Crippen LogP contribution < -0.4 is 0 Å². The van der Waals surface area contributed by atoms with Crippen molar-refractivity contribution in [2.45, 2.75) is 39.0 Å². The Kier molecular flexibility index (Phi) is 4.90. The quantitative estimate of drug-likeness (QED) is 0.870. The number of aromatic nitrogens is 4. The highest BCUT2D eigenvalue weighted by molar-refractivity contribution is 4.99. The van der Waals surface area contributed by atoms with E-state index in [-0.39, 0.29) is 6.10 Å². The van der Waals surface area contributed by atoms with Gasteiger partial charge in [0.15, 0.2) is 0 Å². The van der Waals surface area contributed by atoms with E-state index in [1.165, 1.54) is 18.4 Å². The molecule has 0 radical (unpaired) electrons. The molecule has 6 heteroatoms. The van der Waals surface area contributed by atoms with E-state index in [4.69, 9.17) is 0 Å². The van der Waals surface area contributed by atoms with Gasteiger partial charge in [-0.2, -0.15) is 10.2 Å². The molecule has 1 aliphatic heterocycles. The minimum atomic E-state index is -0.356. The van der Waals surface area contributed by atoms with Gasteiger partial charge in [-0.3, -0.25) is 9.36 Å². The van der Waals surface area contributed by atoms with Crippen LogP contribution >= 0.6 is 0 Å². The van der Waals surface area contributed by atoms with Gasteiger partial charge in [-0.05, 0) is 50.4 Å². The summed E-state index contributed by atoms with van der Waals surface area (Å²) in [6, 6.07) is 1.88. The second-order valence-electron chi connectivity index (χ2n) is 6.37. The second-order valence-corrected chi connectivity index (χ2v) is 6.37. The molecule has 1 atom stereocenters. The lowest BCUT2D eigenvalue weighted by Gasteiger charge is -2.33. The van der Waals surface area contributed by atoms with Crippen molar-refractivity contribution in [2.75, 3.05) is 19.6 Å². The molecule has 0 unspecified atom stereocenters. The third-order valence-corrected chi connectivity index (χ3v) is 4.34. The summed E-state index contributed by atoms with van der Waals surface area (Å²) in [6.07, 6.45) is 9.66. The summed E-state index contributed by atoms with van der Waals surface area (Å²) in [5, 5.41) is 18.7. The number of β-amino-alcohol motifs (C(OH)–C–C–N with tert-alkyl or cyclic N) is 1. The van der Waals surface area contributed by atoms with Crippen molar-refractivity contribution in [1.82, 2.24) is 24.5 Å². The van der Waals surface area contributed by atoms with Crippen LogP contribution in [-0.2, 0) is 13.1 Å². The molecule has 3 rings (SSSR count). The number of hydrogen-bond donors (Lipinski definition) is 1. The first-order valence-electron chi connectivity index (χ1n) is 8.06. The Balaban J connectivity index is 1.39. The van der Waals surface area contributed by atoms with Crippen LogP contribution in [0.1, 0.15) is 18.4 Å². The molecule has 1 saturated heterocycles. The Morgan fingerprint density at radius 2 is 2.05 bits per heavy atom. The van der Waals surface area contributed by atoms with Crippen molar-refractivity contribution < 1.29 is 5.11 Å². The summed E-state index contributed by atoms with van der Waals surface area (Å²) in [7, 11) is 0. The zero-order valence-corrected chi connectivity index (χ0v) is 13.2. The summed E-state index contributed by atoms with van der Waals surface area (Å²) in [6.45, 7) is 6.50. The zero-order chi connectivity index (χ0) is 15.4. The highest BCUT2D eigenvalue weighted by Gasteiger charge is 2.21. The predicted octanol–water partition coefficient (Wildman–Crippen LogP) is 1.16. The van der Waals surface area contributed by atoms with Crippen molar-refractivity contribution in [1.29, 1.82) is 0 Å². The summed E-state index contributed by atoms with van der Waals surface area (Å²) in [5.74, 6) is 0.693. The third kappa shape index (κ3) is 4.18. The van der Waals surface area contributed by atoms with Crippen molar-refractivity contribution in [3.8, 4) is 0 Å². The molecule has 3 heterocycles. The highest BCUT2D eigenvalue weighted by Crippen LogP contribution is 2.19. The predicted molar refractivity (Wildman–Crippen MR) is 84.4 cm³/mol. The van der Waals surface area contributed by atoms with Crippen molar-refractivity contribution in [2.24, 2.45) is 5.92 Å². The fourth-order valence-electron chi connectivity index (χ4n) is 3.16. The summed E-state index contributed by atoms with van der Waals surface area (Å²) >= 11 is 0. The molecular formula is C16H25N5O. The number of aryl methyl sites for hydroxylation is 1. The fourth-order valence-corrected chi connectivity index (χ4v) is 3.16. The minimum absolute atomic E-state index is 0.356. The molecule has 0 spiro atoms. The SMILES string of the molecule is Cc1cnn(CC2CCN(C[C@@H](O)Cn3cccn3)CC2)c1. The lowest BCUT2D eigenvalue weighted by Crippen LogP contribution is -2.40. The molecule has 0 saturated carbocycles. The molecule has 0 aromatic carbocycles. The van der Waals surface area contributed by atoms with Crippen LogP contribution in [-0.4, -0.2) is 55.3 Å². The molecule has 1 aliphatic rings. The second kappa shape index (κ2) is 7.07. The largest absolute Gasteiger partial charge is 0.390 e. The van der Waals surface area contributed by atoms with Crippen molar-refractivity contribution in [3.05, 3.63) is 36.4 Å². The average molecular weight is 303 g/mol. The average Bonchev–Trinajstić information content (AvgIpc) is 3.13. The topological polar surface area (TPSA) is 59.1 Å². The standard InChI is InChI=1S/C16H25N5O/c1-14-9-18-21(10-14)11-15-3-7-19(8-4-15)12-16(22)13-20-6-2-5-17-20/h2,5-6,9-10,15-16,22H,3-4,7-8,11-13H2,1H3/t16-/m1/s1. The minimum Gasteiger partial charge on any atom is -0.390 e. The molecular weight excluding hydrogens is 278 g/mol. The van der Waals surface area contributed by atoms with Gasteiger partial charge in [0.2, 0.25) is 0 Å². The molecule has 1 fully saturated rings. The van der Waals surface area contributed by atoms with Crippen LogP contribution in [0, 0.1) is 12.8 Å². The number of aliphatic hydroxyl groups is 1. The molecule has 0 amide bonds. The van der Waals surface area contributed by atoms with Crippen LogP contribution in [0.4, 0.5) is 0 Å². The van der Waals surface area contributed by atoms with Gasteiger partial charge in [0.05, 0.1) is 18.8 Å².